The van der Waals surface area contributed by atoms with Gasteiger partial charge in [0, 0.05) is 26.1 Å². The van der Waals surface area contributed by atoms with E-state index in [0.717, 1.165) is 31.0 Å². The van der Waals surface area contributed by atoms with Gasteiger partial charge in [-0.25, -0.2) is 0 Å². The summed E-state index contributed by atoms with van der Waals surface area (Å²) >= 11 is 0. The van der Waals surface area contributed by atoms with Gasteiger partial charge in [-0.2, -0.15) is 0 Å². The van der Waals surface area contributed by atoms with E-state index in [0.29, 0.717) is 18.8 Å². The molecular weight excluding hydrogens is 346 g/mol. The first-order valence-corrected chi connectivity index (χ1v) is 9.10. The molecular formula is C19H27N5O3. The van der Waals surface area contributed by atoms with E-state index in [1.807, 2.05) is 25.7 Å². The van der Waals surface area contributed by atoms with Gasteiger partial charge in [-0.3, -0.25) is 4.79 Å². The number of phenols is 1. The van der Waals surface area contributed by atoms with E-state index in [9.17, 15) is 9.90 Å². The Kier molecular flexibility index (Phi) is 5.65. The van der Waals surface area contributed by atoms with Gasteiger partial charge in [-0.15, -0.1) is 10.2 Å². The second-order valence-corrected chi connectivity index (χ2v) is 7.22. The van der Waals surface area contributed by atoms with Crippen molar-refractivity contribution in [3.05, 3.63) is 35.4 Å². The molecule has 1 aliphatic rings. The van der Waals surface area contributed by atoms with E-state index in [1.165, 1.54) is 7.11 Å². The molecule has 1 aromatic carbocycles. The molecule has 1 amide bonds. The molecule has 0 saturated carbocycles. The van der Waals surface area contributed by atoms with Crippen molar-refractivity contribution < 1.29 is 14.6 Å². The lowest BCUT2D eigenvalue weighted by molar-refractivity contribution is 0.0699. The molecule has 0 unspecified atom stereocenters. The van der Waals surface area contributed by atoms with Crippen molar-refractivity contribution in [2.24, 2.45) is 7.05 Å². The van der Waals surface area contributed by atoms with E-state index < -0.39 is 0 Å². The molecule has 1 atom stereocenters. The maximum absolute atomic E-state index is 13.0. The maximum atomic E-state index is 13.0. The number of hydrogen-bond donors (Lipinski definition) is 1. The summed E-state index contributed by atoms with van der Waals surface area (Å²) in [6, 6.07) is 4.97. The van der Waals surface area contributed by atoms with Gasteiger partial charge in [-0.05, 0) is 39.1 Å². The fraction of sp³-hybridized carbons (Fsp3) is 0.526. The van der Waals surface area contributed by atoms with Crippen molar-refractivity contribution >= 4 is 5.91 Å². The summed E-state index contributed by atoms with van der Waals surface area (Å²) < 4.78 is 7.15. The predicted molar refractivity (Wildman–Crippen MR) is 101 cm³/mol. The molecule has 8 heteroatoms. The minimum Gasteiger partial charge on any atom is -0.504 e. The molecule has 1 aliphatic heterocycles. The third-order valence-electron chi connectivity index (χ3n) is 4.98. The van der Waals surface area contributed by atoms with Gasteiger partial charge >= 0.3 is 0 Å². The molecule has 2 aromatic rings. The maximum Gasteiger partial charge on any atom is 0.257 e. The highest BCUT2D eigenvalue weighted by atomic mass is 16.5. The van der Waals surface area contributed by atoms with Crippen LogP contribution in [-0.2, 0) is 13.6 Å². The zero-order valence-electron chi connectivity index (χ0n) is 16.3. The van der Waals surface area contributed by atoms with Crippen molar-refractivity contribution in [1.82, 2.24) is 24.6 Å². The fourth-order valence-electron chi connectivity index (χ4n) is 3.55. The standard InChI is InChI=1S/C19H27N5O3/c1-22(2)12-16-20-21-18(23(16)3)13-7-6-10-24(11-13)19(26)14-8-5-9-15(27-4)17(14)25/h5,8-9,13,25H,6-7,10-12H2,1-4H3/t13-/m0/s1. The molecule has 1 saturated heterocycles. The van der Waals surface area contributed by atoms with Gasteiger partial charge in [0.15, 0.2) is 11.5 Å². The molecule has 0 radical (unpaired) electrons. The number of piperidine rings is 1. The minimum absolute atomic E-state index is 0.112. The van der Waals surface area contributed by atoms with Gasteiger partial charge in [0.1, 0.15) is 11.6 Å². The normalized spacial score (nSPS) is 17.4. The Hall–Kier alpha value is -2.61. The summed E-state index contributed by atoms with van der Waals surface area (Å²) in [7, 11) is 7.44. The molecule has 8 nitrogen and oxygen atoms in total. The van der Waals surface area contributed by atoms with Crippen molar-refractivity contribution in [3.63, 3.8) is 0 Å². The first kappa shape index (κ1) is 19.2. The molecule has 27 heavy (non-hydrogen) atoms. The van der Waals surface area contributed by atoms with Crippen molar-refractivity contribution in [2.45, 2.75) is 25.3 Å². The van der Waals surface area contributed by atoms with Crippen molar-refractivity contribution in [3.8, 4) is 11.5 Å². The van der Waals surface area contributed by atoms with Crippen LogP contribution < -0.4 is 4.74 Å². The van der Waals surface area contributed by atoms with Crippen molar-refractivity contribution in [2.75, 3.05) is 34.3 Å². The van der Waals surface area contributed by atoms with Gasteiger partial charge in [0.2, 0.25) is 0 Å². The lowest BCUT2D eigenvalue weighted by Crippen LogP contribution is -2.39. The Labute approximate surface area is 159 Å². The number of nitrogens with zero attached hydrogens (tertiary/aromatic N) is 5. The summed E-state index contributed by atoms with van der Waals surface area (Å²) in [5.41, 5.74) is 0.265. The average Bonchev–Trinajstić information content (AvgIpc) is 3.01. The summed E-state index contributed by atoms with van der Waals surface area (Å²) in [5, 5.41) is 19.0. The summed E-state index contributed by atoms with van der Waals surface area (Å²) in [6.45, 7) is 1.94. The highest BCUT2D eigenvalue weighted by Gasteiger charge is 2.30. The highest BCUT2D eigenvalue weighted by molar-refractivity contribution is 5.97. The largest absolute Gasteiger partial charge is 0.504 e. The molecule has 0 bridgehead atoms. The lowest BCUT2D eigenvalue weighted by Gasteiger charge is -2.32. The number of phenolic OH excluding ortho intramolecular Hbond substituents is 1. The number of para-hydroxylation sites is 1. The van der Waals surface area contributed by atoms with Gasteiger partial charge in [0.25, 0.3) is 5.91 Å². The number of aromatic nitrogens is 3. The van der Waals surface area contributed by atoms with Crippen LogP contribution in [0, 0.1) is 0 Å². The number of ether oxygens (including phenoxy) is 1. The molecule has 0 aliphatic carbocycles. The van der Waals surface area contributed by atoms with Gasteiger partial charge in [0.05, 0.1) is 19.2 Å². The zero-order chi connectivity index (χ0) is 19.6. The van der Waals surface area contributed by atoms with E-state index in [1.54, 1.807) is 23.1 Å². The SMILES string of the molecule is COc1cccc(C(=O)N2CCC[C@H](c3nnc(CN(C)C)n3C)C2)c1O. The number of methoxy groups -OCH3 is 1. The molecule has 1 fully saturated rings. The third kappa shape index (κ3) is 3.90. The number of benzene rings is 1. The van der Waals surface area contributed by atoms with Crippen LogP contribution in [-0.4, -0.2) is 69.9 Å². The monoisotopic (exact) mass is 373 g/mol. The number of likely N-dealkylation sites (tertiary alicyclic amines) is 1. The second-order valence-electron chi connectivity index (χ2n) is 7.22. The molecule has 0 spiro atoms. The minimum atomic E-state index is -0.188. The first-order valence-electron chi connectivity index (χ1n) is 9.10. The lowest BCUT2D eigenvalue weighted by atomic mass is 9.96. The number of carbonyl (C=O) groups is 1. The number of amides is 1. The van der Waals surface area contributed by atoms with E-state index in [2.05, 4.69) is 15.1 Å². The van der Waals surface area contributed by atoms with Crippen LogP contribution in [0.2, 0.25) is 0 Å². The average molecular weight is 373 g/mol. The Morgan fingerprint density at radius 1 is 1.37 bits per heavy atom. The summed E-state index contributed by atoms with van der Waals surface area (Å²) in [5.74, 6) is 1.94. The number of hydrogen-bond acceptors (Lipinski definition) is 6. The van der Waals surface area contributed by atoms with Crippen LogP contribution in [0.5, 0.6) is 11.5 Å². The Morgan fingerprint density at radius 2 is 2.15 bits per heavy atom. The fourth-order valence-corrected chi connectivity index (χ4v) is 3.55. The smallest absolute Gasteiger partial charge is 0.257 e. The highest BCUT2D eigenvalue weighted by Crippen LogP contribution is 2.32. The topological polar surface area (TPSA) is 83.7 Å². The zero-order valence-corrected chi connectivity index (χ0v) is 16.3. The predicted octanol–water partition coefficient (Wildman–Crippen LogP) is 1.61. The second kappa shape index (κ2) is 7.96. The number of rotatable bonds is 5. The molecule has 3 rings (SSSR count). The van der Waals surface area contributed by atoms with Gasteiger partial charge in [-0.1, -0.05) is 6.07 Å². The van der Waals surface area contributed by atoms with E-state index >= 15 is 0 Å². The van der Waals surface area contributed by atoms with Crippen LogP contribution in [0.15, 0.2) is 18.2 Å². The Balaban J connectivity index is 1.79. The summed E-state index contributed by atoms with van der Waals surface area (Å²) in [4.78, 5) is 16.8. The van der Waals surface area contributed by atoms with E-state index in [-0.39, 0.29) is 23.1 Å². The number of aromatic hydroxyl groups is 1. The molecule has 1 aromatic heterocycles. The van der Waals surface area contributed by atoms with Crippen molar-refractivity contribution in [1.29, 1.82) is 0 Å². The third-order valence-corrected chi connectivity index (χ3v) is 4.98. The summed E-state index contributed by atoms with van der Waals surface area (Å²) in [6.07, 6.45) is 1.85. The van der Waals surface area contributed by atoms with Crippen LogP contribution in [0.1, 0.15) is 40.8 Å². The van der Waals surface area contributed by atoms with Crippen LogP contribution in [0.25, 0.3) is 0 Å². The molecule has 1 N–H and O–H groups in total. The molecule has 2 heterocycles. The van der Waals surface area contributed by atoms with Crippen LogP contribution in [0.4, 0.5) is 0 Å². The van der Waals surface area contributed by atoms with Crippen LogP contribution in [0.3, 0.4) is 0 Å². The Bertz CT molecular complexity index is 818. The Morgan fingerprint density at radius 3 is 2.85 bits per heavy atom. The van der Waals surface area contributed by atoms with E-state index in [4.69, 9.17) is 4.74 Å². The van der Waals surface area contributed by atoms with Crippen LogP contribution >= 0.6 is 0 Å². The first-order chi connectivity index (χ1) is 12.9. The van der Waals surface area contributed by atoms with Gasteiger partial charge < -0.3 is 24.2 Å². The number of carbonyl (C=O) groups excluding carboxylic acids is 1. The molecule has 146 valence electrons. The quantitative estimate of drug-likeness (QED) is 0.857.